The first-order valence-electron chi connectivity index (χ1n) is 9.07. The van der Waals surface area contributed by atoms with Crippen LogP contribution in [0, 0.1) is 0 Å². The van der Waals surface area contributed by atoms with Crippen LogP contribution in [0.1, 0.15) is 23.7 Å². The van der Waals surface area contributed by atoms with Gasteiger partial charge in [-0.05, 0) is 42.8 Å². The van der Waals surface area contributed by atoms with Crippen LogP contribution < -0.4 is 9.54 Å². The molecule has 0 aliphatic carbocycles. The summed E-state index contributed by atoms with van der Waals surface area (Å²) >= 11 is 1.43. The van der Waals surface area contributed by atoms with Crippen molar-refractivity contribution < 1.29 is 17.9 Å². The highest BCUT2D eigenvalue weighted by Crippen LogP contribution is 2.23. The molecule has 0 fully saturated rings. The summed E-state index contributed by atoms with van der Waals surface area (Å²) in [5.41, 5.74) is 1.30. The normalized spacial score (nSPS) is 12.7. The quantitative estimate of drug-likeness (QED) is 0.598. The number of sulfonamides is 1. The van der Waals surface area contributed by atoms with Crippen LogP contribution >= 0.6 is 11.3 Å². The van der Waals surface area contributed by atoms with Crippen molar-refractivity contribution in [1.29, 1.82) is 0 Å². The number of ether oxygens (including phenoxy) is 1. The van der Waals surface area contributed by atoms with E-state index < -0.39 is 15.9 Å². The third-order valence-electron chi connectivity index (χ3n) is 4.41. The van der Waals surface area contributed by atoms with Gasteiger partial charge in [-0.1, -0.05) is 18.3 Å². The number of hydrogen-bond acceptors (Lipinski definition) is 5. The molecule has 0 bridgehead atoms. The molecule has 0 spiro atoms. The Balaban J connectivity index is 2.02. The van der Waals surface area contributed by atoms with Crippen LogP contribution in [0.25, 0.3) is 10.2 Å². The molecule has 7 nitrogen and oxygen atoms in total. The first kappa shape index (κ1) is 21.2. The van der Waals surface area contributed by atoms with Crippen molar-refractivity contribution in [1.82, 2.24) is 8.87 Å². The molecule has 0 aliphatic heterocycles. The topological polar surface area (TPSA) is 81.0 Å². The highest BCUT2D eigenvalue weighted by Gasteiger charge is 2.17. The molecule has 0 radical (unpaired) electrons. The second-order valence-electron chi connectivity index (χ2n) is 6.60. The molecule has 0 aliphatic rings. The van der Waals surface area contributed by atoms with E-state index in [9.17, 15) is 13.2 Å². The monoisotopic (exact) mass is 433 g/mol. The number of thiazole rings is 1. The Hall–Kier alpha value is -2.49. The number of carbonyl (C=O) groups is 1. The fourth-order valence-electron chi connectivity index (χ4n) is 2.83. The molecule has 2 aromatic carbocycles. The smallest absolute Gasteiger partial charge is 0.279 e. The van der Waals surface area contributed by atoms with Gasteiger partial charge >= 0.3 is 0 Å². The van der Waals surface area contributed by atoms with Crippen LogP contribution in [-0.2, 0) is 16.6 Å². The van der Waals surface area contributed by atoms with Crippen molar-refractivity contribution >= 4 is 37.5 Å². The van der Waals surface area contributed by atoms with E-state index in [1.54, 1.807) is 7.11 Å². The average molecular weight is 434 g/mol. The van der Waals surface area contributed by atoms with Crippen molar-refractivity contribution in [3.05, 3.63) is 52.8 Å². The lowest BCUT2D eigenvalue weighted by Gasteiger charge is -2.11. The summed E-state index contributed by atoms with van der Waals surface area (Å²) in [6.07, 6.45) is 0.890. The van der Waals surface area contributed by atoms with Crippen LogP contribution in [-0.4, -0.2) is 44.4 Å². The van der Waals surface area contributed by atoms with Crippen molar-refractivity contribution in [3.8, 4) is 5.75 Å². The Bertz CT molecular complexity index is 1210. The number of aryl methyl sites for hydroxylation is 1. The predicted molar refractivity (Wildman–Crippen MR) is 114 cm³/mol. The summed E-state index contributed by atoms with van der Waals surface area (Å²) < 4.78 is 33.8. The van der Waals surface area contributed by atoms with Crippen LogP contribution in [0.5, 0.6) is 5.75 Å². The van der Waals surface area contributed by atoms with Crippen LogP contribution in [0.2, 0.25) is 0 Å². The number of aromatic nitrogens is 1. The molecular formula is C20H23N3O4S2. The zero-order chi connectivity index (χ0) is 21.2. The van der Waals surface area contributed by atoms with E-state index in [1.165, 1.54) is 49.7 Å². The minimum Gasteiger partial charge on any atom is -0.497 e. The maximum atomic E-state index is 12.7. The molecule has 0 N–H and O–H groups in total. The Labute approximate surface area is 173 Å². The highest BCUT2D eigenvalue weighted by molar-refractivity contribution is 7.89. The number of hydrogen-bond donors (Lipinski definition) is 0. The summed E-state index contributed by atoms with van der Waals surface area (Å²) in [7, 11) is 1.01. The van der Waals surface area contributed by atoms with Gasteiger partial charge in [0.05, 0.1) is 22.2 Å². The van der Waals surface area contributed by atoms with E-state index in [-0.39, 0.29) is 4.90 Å². The second kappa shape index (κ2) is 8.48. The fraction of sp³-hybridized carbons (Fsp3) is 0.300. The van der Waals surface area contributed by atoms with Crippen molar-refractivity contribution in [3.63, 3.8) is 0 Å². The standard InChI is InChI=1S/C20H23N3O4S2/c1-5-12-23-17-13-15(27-4)8-11-18(17)28-20(23)21-19(24)14-6-9-16(10-7-14)29(25,26)22(2)3/h6-11,13H,5,12H2,1-4H3. The molecule has 29 heavy (non-hydrogen) atoms. The zero-order valence-electron chi connectivity index (χ0n) is 16.7. The fourth-order valence-corrected chi connectivity index (χ4v) is 4.77. The van der Waals surface area contributed by atoms with E-state index in [2.05, 4.69) is 11.9 Å². The molecule has 154 valence electrons. The molecule has 1 heterocycles. The molecule has 1 aromatic heterocycles. The van der Waals surface area contributed by atoms with Gasteiger partial charge in [0.15, 0.2) is 4.80 Å². The first-order chi connectivity index (χ1) is 13.8. The summed E-state index contributed by atoms with van der Waals surface area (Å²) in [6.45, 7) is 2.78. The van der Waals surface area contributed by atoms with Gasteiger partial charge in [-0.25, -0.2) is 12.7 Å². The Morgan fingerprint density at radius 2 is 1.86 bits per heavy atom. The largest absolute Gasteiger partial charge is 0.497 e. The molecular weight excluding hydrogens is 410 g/mol. The third kappa shape index (κ3) is 4.26. The number of rotatable bonds is 6. The molecule has 0 unspecified atom stereocenters. The number of benzene rings is 2. The number of fused-ring (bicyclic) bond motifs is 1. The SMILES string of the molecule is CCCn1c(=NC(=O)c2ccc(S(=O)(=O)N(C)C)cc2)sc2ccc(OC)cc21. The summed E-state index contributed by atoms with van der Waals surface area (Å²) in [6, 6.07) is 11.6. The average Bonchev–Trinajstić information content (AvgIpc) is 3.04. The second-order valence-corrected chi connectivity index (χ2v) is 9.76. The maximum absolute atomic E-state index is 12.7. The van der Waals surface area contributed by atoms with Crippen LogP contribution in [0.4, 0.5) is 0 Å². The van der Waals surface area contributed by atoms with E-state index >= 15 is 0 Å². The first-order valence-corrected chi connectivity index (χ1v) is 11.3. The highest BCUT2D eigenvalue weighted by atomic mass is 32.2. The molecule has 0 atom stereocenters. The summed E-state index contributed by atoms with van der Waals surface area (Å²) in [5, 5.41) is 0. The zero-order valence-corrected chi connectivity index (χ0v) is 18.4. The summed E-state index contributed by atoms with van der Waals surface area (Å²) in [5.74, 6) is 0.331. The van der Waals surface area contributed by atoms with E-state index in [0.29, 0.717) is 10.4 Å². The van der Waals surface area contributed by atoms with E-state index in [4.69, 9.17) is 4.74 Å². The molecule has 3 aromatic rings. The molecule has 0 saturated heterocycles. The van der Waals surface area contributed by atoms with Crippen molar-refractivity contribution in [2.24, 2.45) is 4.99 Å². The number of nitrogens with zero attached hydrogens (tertiary/aromatic N) is 3. The van der Waals surface area contributed by atoms with Gasteiger partial charge in [0.2, 0.25) is 10.0 Å². The number of carbonyl (C=O) groups excluding carboxylic acids is 1. The molecule has 1 amide bonds. The Morgan fingerprint density at radius 1 is 1.17 bits per heavy atom. The van der Waals surface area contributed by atoms with E-state index in [0.717, 1.165) is 33.2 Å². The number of methoxy groups -OCH3 is 1. The van der Waals surface area contributed by atoms with Crippen LogP contribution in [0.15, 0.2) is 52.4 Å². The van der Waals surface area contributed by atoms with Crippen molar-refractivity contribution in [2.45, 2.75) is 24.8 Å². The lowest BCUT2D eigenvalue weighted by molar-refractivity contribution is 0.0997. The van der Waals surface area contributed by atoms with Crippen molar-refractivity contribution in [2.75, 3.05) is 21.2 Å². The minimum absolute atomic E-state index is 0.133. The van der Waals surface area contributed by atoms with Gasteiger partial charge in [0.25, 0.3) is 5.91 Å². The minimum atomic E-state index is -3.54. The third-order valence-corrected chi connectivity index (χ3v) is 7.30. The Morgan fingerprint density at radius 3 is 2.45 bits per heavy atom. The maximum Gasteiger partial charge on any atom is 0.279 e. The van der Waals surface area contributed by atoms with Gasteiger partial charge in [-0.2, -0.15) is 4.99 Å². The lowest BCUT2D eigenvalue weighted by atomic mass is 10.2. The van der Waals surface area contributed by atoms with Gasteiger partial charge in [0.1, 0.15) is 5.75 Å². The molecule has 9 heteroatoms. The van der Waals surface area contributed by atoms with Gasteiger partial charge < -0.3 is 9.30 Å². The predicted octanol–water partition coefficient (Wildman–Crippen LogP) is 3.11. The number of amides is 1. The van der Waals surface area contributed by atoms with Gasteiger partial charge in [-0.15, -0.1) is 0 Å². The summed E-state index contributed by atoms with van der Waals surface area (Å²) in [4.78, 5) is 17.8. The Kier molecular flexibility index (Phi) is 6.21. The van der Waals surface area contributed by atoms with E-state index in [1.807, 2.05) is 22.8 Å². The lowest BCUT2D eigenvalue weighted by Crippen LogP contribution is -2.22. The molecule has 3 rings (SSSR count). The van der Waals surface area contributed by atoms with Gasteiger partial charge in [0, 0.05) is 32.3 Å². The molecule has 0 saturated carbocycles. The van der Waals surface area contributed by atoms with Gasteiger partial charge in [-0.3, -0.25) is 4.79 Å². The van der Waals surface area contributed by atoms with Crippen LogP contribution in [0.3, 0.4) is 0 Å².